The molecule has 6 heteroatoms. The summed E-state index contributed by atoms with van der Waals surface area (Å²) in [7, 11) is 1.62. The molecular formula is C14H21N3O3. The van der Waals surface area contributed by atoms with Gasteiger partial charge in [0, 0.05) is 23.9 Å². The number of methoxy groups -OCH3 is 1. The third-order valence-electron chi connectivity index (χ3n) is 3.01. The van der Waals surface area contributed by atoms with Crippen LogP contribution in [0.1, 0.15) is 34.6 Å². The fourth-order valence-electron chi connectivity index (χ4n) is 1.79. The van der Waals surface area contributed by atoms with Crippen LogP contribution >= 0.6 is 0 Å². The van der Waals surface area contributed by atoms with Crippen molar-refractivity contribution in [2.75, 3.05) is 19.0 Å². The van der Waals surface area contributed by atoms with Crippen LogP contribution in [0.15, 0.2) is 18.2 Å². The Morgan fingerprint density at radius 3 is 2.00 bits per heavy atom. The maximum Gasteiger partial charge on any atom is 0.248 e. The van der Waals surface area contributed by atoms with Crippen molar-refractivity contribution in [3.8, 4) is 0 Å². The van der Waals surface area contributed by atoms with Gasteiger partial charge in [0.15, 0.2) is 0 Å². The predicted molar refractivity (Wildman–Crippen MR) is 77.6 cm³/mol. The molecule has 1 rings (SSSR count). The van der Waals surface area contributed by atoms with Crippen LogP contribution in [0.4, 0.5) is 5.69 Å². The molecule has 0 spiro atoms. The lowest BCUT2D eigenvalue weighted by Crippen LogP contribution is -2.30. The van der Waals surface area contributed by atoms with E-state index in [1.54, 1.807) is 19.2 Å². The van der Waals surface area contributed by atoms with Gasteiger partial charge in [-0.2, -0.15) is 0 Å². The van der Waals surface area contributed by atoms with Crippen LogP contribution < -0.4 is 16.8 Å². The Labute approximate surface area is 118 Å². The summed E-state index contributed by atoms with van der Waals surface area (Å²) in [6, 6.07) is 4.62. The number of carbonyl (C=O) groups excluding carboxylic acids is 2. The van der Waals surface area contributed by atoms with Crippen LogP contribution in [0.2, 0.25) is 0 Å². The topological polar surface area (TPSA) is 107 Å². The van der Waals surface area contributed by atoms with E-state index in [9.17, 15) is 9.59 Å². The molecule has 0 fully saturated rings. The van der Waals surface area contributed by atoms with Crippen molar-refractivity contribution in [3.05, 3.63) is 29.3 Å². The van der Waals surface area contributed by atoms with E-state index in [-0.39, 0.29) is 17.2 Å². The van der Waals surface area contributed by atoms with Gasteiger partial charge in [-0.3, -0.25) is 9.59 Å². The number of nitrogens with one attached hydrogen (secondary N) is 1. The molecule has 0 aromatic heterocycles. The van der Waals surface area contributed by atoms with Crippen LogP contribution in [0.3, 0.4) is 0 Å². The van der Waals surface area contributed by atoms with Crippen molar-refractivity contribution in [1.82, 2.24) is 0 Å². The molecule has 6 nitrogen and oxygen atoms in total. The number of hydrogen-bond donors (Lipinski definition) is 3. The van der Waals surface area contributed by atoms with Crippen molar-refractivity contribution in [1.29, 1.82) is 0 Å². The molecule has 0 saturated heterocycles. The summed E-state index contributed by atoms with van der Waals surface area (Å²) in [6.45, 7) is 4.59. The largest absolute Gasteiger partial charge is 0.383 e. The van der Waals surface area contributed by atoms with E-state index >= 15 is 0 Å². The van der Waals surface area contributed by atoms with Crippen LogP contribution in [0.25, 0.3) is 0 Å². The first-order chi connectivity index (χ1) is 9.35. The molecule has 20 heavy (non-hydrogen) atoms. The quantitative estimate of drug-likeness (QED) is 0.691. The molecule has 0 radical (unpaired) electrons. The van der Waals surface area contributed by atoms with Crippen molar-refractivity contribution in [2.24, 2.45) is 17.4 Å². The lowest BCUT2D eigenvalue weighted by atomic mass is 10.0. The minimum Gasteiger partial charge on any atom is -0.383 e. The van der Waals surface area contributed by atoms with Crippen LogP contribution in [0, 0.1) is 5.92 Å². The van der Waals surface area contributed by atoms with E-state index < -0.39 is 11.8 Å². The highest BCUT2D eigenvalue weighted by molar-refractivity contribution is 5.99. The molecular weight excluding hydrogens is 258 g/mol. The van der Waals surface area contributed by atoms with Crippen LogP contribution in [-0.2, 0) is 4.74 Å². The summed E-state index contributed by atoms with van der Waals surface area (Å²) in [4.78, 5) is 22.6. The zero-order valence-electron chi connectivity index (χ0n) is 12.0. The first kappa shape index (κ1) is 16.0. The fourth-order valence-corrected chi connectivity index (χ4v) is 1.79. The van der Waals surface area contributed by atoms with Gasteiger partial charge < -0.3 is 21.5 Å². The van der Waals surface area contributed by atoms with Crippen molar-refractivity contribution < 1.29 is 14.3 Å². The Hall–Kier alpha value is -2.08. The van der Waals surface area contributed by atoms with E-state index in [0.29, 0.717) is 18.2 Å². The van der Waals surface area contributed by atoms with Gasteiger partial charge in [0.05, 0.1) is 12.6 Å². The van der Waals surface area contributed by atoms with Crippen molar-refractivity contribution in [3.63, 3.8) is 0 Å². The Balaban J connectivity index is 3.09. The zero-order chi connectivity index (χ0) is 15.3. The third kappa shape index (κ3) is 4.24. The lowest BCUT2D eigenvalue weighted by Gasteiger charge is -2.23. The van der Waals surface area contributed by atoms with Gasteiger partial charge in [-0.05, 0) is 24.1 Å². The molecule has 0 saturated carbocycles. The highest BCUT2D eigenvalue weighted by Crippen LogP contribution is 2.18. The smallest absolute Gasteiger partial charge is 0.248 e. The number of ether oxygens (including phenoxy) is 1. The number of benzene rings is 1. The second-order valence-electron chi connectivity index (χ2n) is 4.98. The SMILES string of the molecule is COCC(Nc1cc(C(N)=O)cc(C(N)=O)c1)C(C)C. The maximum absolute atomic E-state index is 11.3. The summed E-state index contributed by atoms with van der Waals surface area (Å²) >= 11 is 0. The number of carbonyl (C=O) groups is 2. The van der Waals surface area contributed by atoms with Crippen LogP contribution in [-0.4, -0.2) is 31.6 Å². The number of amides is 2. The average molecular weight is 279 g/mol. The minimum atomic E-state index is -0.607. The fraction of sp³-hybridized carbons (Fsp3) is 0.429. The molecule has 0 aliphatic carbocycles. The van der Waals surface area contributed by atoms with E-state index in [2.05, 4.69) is 5.32 Å². The van der Waals surface area contributed by atoms with Gasteiger partial charge in [-0.25, -0.2) is 0 Å². The van der Waals surface area contributed by atoms with Gasteiger partial charge in [-0.1, -0.05) is 13.8 Å². The van der Waals surface area contributed by atoms with E-state index in [0.717, 1.165) is 0 Å². The monoisotopic (exact) mass is 279 g/mol. The molecule has 2 amide bonds. The standard InChI is InChI=1S/C14H21N3O3/c1-8(2)12(7-20-3)17-11-5-9(13(15)18)4-10(6-11)14(16)19/h4-6,8,12,17H,7H2,1-3H3,(H2,15,18)(H2,16,19). The molecule has 0 heterocycles. The number of primary amides is 2. The molecule has 110 valence electrons. The molecule has 1 aromatic carbocycles. The minimum absolute atomic E-state index is 0.0452. The number of anilines is 1. The molecule has 0 bridgehead atoms. The number of hydrogen-bond acceptors (Lipinski definition) is 4. The summed E-state index contributed by atoms with van der Waals surface area (Å²) in [5.74, 6) is -0.905. The molecule has 0 aliphatic rings. The molecule has 1 atom stereocenters. The molecule has 0 aliphatic heterocycles. The number of nitrogens with two attached hydrogens (primary N) is 2. The average Bonchev–Trinajstić information content (AvgIpc) is 2.37. The summed E-state index contributed by atoms with van der Waals surface area (Å²) < 4.78 is 5.15. The summed E-state index contributed by atoms with van der Waals surface area (Å²) in [5.41, 5.74) is 11.6. The van der Waals surface area contributed by atoms with Crippen LogP contribution in [0.5, 0.6) is 0 Å². The summed E-state index contributed by atoms with van der Waals surface area (Å²) in [6.07, 6.45) is 0. The van der Waals surface area contributed by atoms with E-state index in [1.165, 1.54) is 6.07 Å². The maximum atomic E-state index is 11.3. The Morgan fingerprint density at radius 2 is 1.65 bits per heavy atom. The first-order valence-electron chi connectivity index (χ1n) is 6.35. The van der Waals surface area contributed by atoms with Gasteiger partial charge in [0.1, 0.15) is 0 Å². The highest BCUT2D eigenvalue weighted by atomic mass is 16.5. The lowest BCUT2D eigenvalue weighted by molar-refractivity contribution is 0.0999. The van der Waals surface area contributed by atoms with E-state index in [4.69, 9.17) is 16.2 Å². The van der Waals surface area contributed by atoms with Gasteiger partial charge in [-0.15, -0.1) is 0 Å². The predicted octanol–water partition coefficient (Wildman–Crippen LogP) is 0.967. The van der Waals surface area contributed by atoms with Gasteiger partial charge >= 0.3 is 0 Å². The van der Waals surface area contributed by atoms with E-state index in [1.807, 2.05) is 13.8 Å². The van der Waals surface area contributed by atoms with Gasteiger partial charge in [0.25, 0.3) is 0 Å². The molecule has 1 aromatic rings. The first-order valence-corrected chi connectivity index (χ1v) is 6.35. The normalized spacial score (nSPS) is 12.2. The van der Waals surface area contributed by atoms with Gasteiger partial charge in [0.2, 0.25) is 11.8 Å². The second kappa shape index (κ2) is 6.91. The second-order valence-corrected chi connectivity index (χ2v) is 4.98. The summed E-state index contributed by atoms with van der Waals surface area (Å²) in [5, 5.41) is 3.23. The Morgan fingerprint density at radius 1 is 1.15 bits per heavy atom. The third-order valence-corrected chi connectivity index (χ3v) is 3.01. The van der Waals surface area contributed by atoms with Crippen molar-refractivity contribution in [2.45, 2.75) is 19.9 Å². The number of rotatable bonds is 7. The molecule has 1 unspecified atom stereocenters. The zero-order valence-corrected chi connectivity index (χ0v) is 12.0. The highest BCUT2D eigenvalue weighted by Gasteiger charge is 2.15. The molecule has 5 N–H and O–H groups in total. The van der Waals surface area contributed by atoms with Crippen molar-refractivity contribution >= 4 is 17.5 Å². The Bertz CT molecular complexity index is 468. The Kier molecular flexibility index (Phi) is 5.52.